The molecule has 138 valence electrons. The summed E-state index contributed by atoms with van der Waals surface area (Å²) in [5.41, 5.74) is 2.54. The summed E-state index contributed by atoms with van der Waals surface area (Å²) >= 11 is 6.30. The summed E-state index contributed by atoms with van der Waals surface area (Å²) in [6.45, 7) is 3.13. The van der Waals surface area contributed by atoms with Crippen molar-refractivity contribution in [3.05, 3.63) is 59.1 Å². The fourth-order valence-corrected chi connectivity index (χ4v) is 3.71. The highest BCUT2D eigenvalue weighted by Crippen LogP contribution is 2.29. The minimum Gasteiger partial charge on any atom is -0.384 e. The maximum atomic E-state index is 12.8. The van der Waals surface area contributed by atoms with Crippen LogP contribution in [0.25, 0.3) is 11.1 Å². The molecule has 0 aromatic heterocycles. The molecule has 1 amide bonds. The summed E-state index contributed by atoms with van der Waals surface area (Å²) < 4.78 is 5.42. The molecule has 0 bridgehead atoms. The van der Waals surface area contributed by atoms with Gasteiger partial charge in [-0.2, -0.15) is 0 Å². The van der Waals surface area contributed by atoms with Crippen LogP contribution in [0.2, 0.25) is 5.02 Å². The van der Waals surface area contributed by atoms with E-state index < -0.39 is 0 Å². The van der Waals surface area contributed by atoms with Crippen LogP contribution in [0.3, 0.4) is 0 Å². The first-order chi connectivity index (χ1) is 12.6. The van der Waals surface area contributed by atoms with Gasteiger partial charge >= 0.3 is 0 Å². The molecule has 0 spiro atoms. The third kappa shape index (κ3) is 4.44. The van der Waals surface area contributed by atoms with Crippen molar-refractivity contribution in [2.45, 2.75) is 12.8 Å². The van der Waals surface area contributed by atoms with Crippen LogP contribution in [0.15, 0.2) is 48.5 Å². The van der Waals surface area contributed by atoms with Gasteiger partial charge in [0.25, 0.3) is 5.91 Å². The molecule has 0 unspecified atom stereocenters. The monoisotopic (exact) mass is 372 g/mol. The molecule has 1 aliphatic rings. The van der Waals surface area contributed by atoms with Crippen LogP contribution in [0.1, 0.15) is 23.2 Å². The van der Waals surface area contributed by atoms with Gasteiger partial charge in [0.15, 0.2) is 0 Å². The lowest BCUT2D eigenvalue weighted by molar-refractivity contribution is 0.0512. The van der Waals surface area contributed by atoms with Crippen molar-refractivity contribution in [1.29, 1.82) is 0 Å². The first kappa shape index (κ1) is 18.9. The first-order valence-electron chi connectivity index (χ1n) is 8.96. The van der Waals surface area contributed by atoms with Gasteiger partial charge in [-0.3, -0.25) is 4.79 Å². The van der Waals surface area contributed by atoms with Crippen LogP contribution >= 0.6 is 11.6 Å². The average Bonchev–Trinajstić information content (AvgIpc) is 2.68. The fraction of sp³-hybridized carbons (Fsp3) is 0.381. The molecule has 0 saturated carbocycles. The number of nitrogens with one attached hydrogen (secondary N) is 2. The Morgan fingerprint density at radius 1 is 1.15 bits per heavy atom. The minimum atomic E-state index is -0.137. The smallest absolute Gasteiger partial charge is 0.252 e. The van der Waals surface area contributed by atoms with Crippen LogP contribution in [0.4, 0.5) is 0 Å². The van der Waals surface area contributed by atoms with Crippen LogP contribution in [-0.2, 0) is 4.74 Å². The number of methoxy groups -OCH3 is 1. The molecule has 2 aromatic carbocycles. The number of amides is 1. The Morgan fingerprint density at radius 2 is 1.88 bits per heavy atom. The van der Waals surface area contributed by atoms with Gasteiger partial charge in [-0.1, -0.05) is 48.0 Å². The Hall–Kier alpha value is -1.88. The van der Waals surface area contributed by atoms with E-state index in [0.717, 1.165) is 37.1 Å². The highest BCUT2D eigenvalue weighted by Gasteiger charge is 2.32. The van der Waals surface area contributed by atoms with Crippen molar-refractivity contribution in [3.63, 3.8) is 0 Å². The van der Waals surface area contributed by atoms with Gasteiger partial charge in [-0.25, -0.2) is 0 Å². The van der Waals surface area contributed by atoms with Crippen molar-refractivity contribution in [1.82, 2.24) is 10.6 Å². The van der Waals surface area contributed by atoms with Crippen molar-refractivity contribution in [2.75, 3.05) is 33.4 Å². The van der Waals surface area contributed by atoms with Gasteiger partial charge < -0.3 is 15.4 Å². The van der Waals surface area contributed by atoms with E-state index in [1.807, 2.05) is 42.5 Å². The highest BCUT2D eigenvalue weighted by molar-refractivity contribution is 6.34. The number of ether oxygens (including phenoxy) is 1. The number of hydrogen-bond donors (Lipinski definition) is 2. The molecule has 1 aliphatic heterocycles. The summed E-state index contributed by atoms with van der Waals surface area (Å²) in [5, 5.41) is 6.91. The quantitative estimate of drug-likeness (QED) is 0.811. The van der Waals surface area contributed by atoms with Crippen molar-refractivity contribution >= 4 is 17.5 Å². The Labute approximate surface area is 159 Å². The second kappa shape index (κ2) is 8.67. The topological polar surface area (TPSA) is 50.4 Å². The summed E-state index contributed by atoms with van der Waals surface area (Å²) in [6.07, 6.45) is 1.97. The minimum absolute atomic E-state index is 0.0147. The average molecular weight is 373 g/mol. The SMILES string of the molecule is COCC1(CNC(=O)c2cc(-c3ccccc3)ccc2Cl)CCNCC1. The molecule has 26 heavy (non-hydrogen) atoms. The normalized spacial score (nSPS) is 16.2. The highest BCUT2D eigenvalue weighted by atomic mass is 35.5. The molecule has 4 nitrogen and oxygen atoms in total. The van der Waals surface area contributed by atoms with Crippen molar-refractivity contribution in [3.8, 4) is 11.1 Å². The Kier molecular flexibility index (Phi) is 6.30. The van der Waals surface area contributed by atoms with E-state index in [1.165, 1.54) is 0 Å². The van der Waals surface area contributed by atoms with E-state index in [4.69, 9.17) is 16.3 Å². The van der Waals surface area contributed by atoms with E-state index in [1.54, 1.807) is 13.2 Å². The molecular weight excluding hydrogens is 348 g/mol. The third-order valence-corrected chi connectivity index (χ3v) is 5.39. The standard InChI is InChI=1S/C21H25ClN2O2/c1-26-15-21(9-11-23-12-10-21)14-24-20(25)18-13-17(7-8-19(18)22)16-5-3-2-4-6-16/h2-8,13,23H,9-12,14-15H2,1H3,(H,24,25). The van der Waals surface area contributed by atoms with Crippen molar-refractivity contribution < 1.29 is 9.53 Å². The maximum Gasteiger partial charge on any atom is 0.252 e. The van der Waals surface area contributed by atoms with Gasteiger partial charge in [-0.05, 0) is 49.2 Å². The van der Waals surface area contributed by atoms with Gasteiger partial charge in [0.2, 0.25) is 0 Å². The third-order valence-electron chi connectivity index (χ3n) is 5.06. The van der Waals surface area contributed by atoms with E-state index in [0.29, 0.717) is 23.7 Å². The number of carbonyl (C=O) groups is 1. The predicted octanol–water partition coefficient (Wildman–Crippen LogP) is 3.75. The van der Waals surface area contributed by atoms with Gasteiger partial charge in [0.05, 0.1) is 17.2 Å². The van der Waals surface area contributed by atoms with Crippen LogP contribution in [-0.4, -0.2) is 39.3 Å². The number of carbonyl (C=O) groups excluding carboxylic acids is 1. The molecule has 1 fully saturated rings. The fourth-order valence-electron chi connectivity index (χ4n) is 3.51. The zero-order valence-corrected chi connectivity index (χ0v) is 15.8. The summed E-state index contributed by atoms with van der Waals surface area (Å²) in [6, 6.07) is 15.6. The summed E-state index contributed by atoms with van der Waals surface area (Å²) in [5.74, 6) is -0.137. The summed E-state index contributed by atoms with van der Waals surface area (Å²) in [4.78, 5) is 12.8. The molecular formula is C21H25ClN2O2. The van der Waals surface area contributed by atoms with Gasteiger partial charge in [-0.15, -0.1) is 0 Å². The molecule has 0 radical (unpaired) electrons. The molecule has 1 saturated heterocycles. The Bertz CT molecular complexity index is 737. The number of rotatable bonds is 6. The molecule has 1 heterocycles. The second-order valence-electron chi connectivity index (χ2n) is 6.93. The molecule has 0 atom stereocenters. The first-order valence-corrected chi connectivity index (χ1v) is 9.34. The van der Waals surface area contributed by atoms with Gasteiger partial charge in [0.1, 0.15) is 0 Å². The molecule has 2 aromatic rings. The van der Waals surface area contributed by atoms with E-state index in [9.17, 15) is 4.79 Å². The lowest BCUT2D eigenvalue weighted by Crippen LogP contribution is -2.47. The van der Waals surface area contributed by atoms with E-state index in [-0.39, 0.29) is 11.3 Å². The lowest BCUT2D eigenvalue weighted by atomic mass is 9.79. The number of benzene rings is 2. The van der Waals surface area contributed by atoms with Crippen molar-refractivity contribution in [2.24, 2.45) is 5.41 Å². The number of piperidine rings is 1. The van der Waals surface area contributed by atoms with Crippen LogP contribution in [0, 0.1) is 5.41 Å². The Morgan fingerprint density at radius 3 is 2.58 bits per heavy atom. The molecule has 0 aliphatic carbocycles. The van der Waals surface area contributed by atoms with Crippen LogP contribution in [0.5, 0.6) is 0 Å². The predicted molar refractivity (Wildman–Crippen MR) is 106 cm³/mol. The molecule has 2 N–H and O–H groups in total. The zero-order valence-electron chi connectivity index (χ0n) is 15.1. The van der Waals surface area contributed by atoms with Crippen LogP contribution < -0.4 is 10.6 Å². The number of halogens is 1. The Balaban J connectivity index is 1.75. The zero-order chi connectivity index (χ0) is 18.4. The maximum absolute atomic E-state index is 12.8. The van der Waals surface area contributed by atoms with Gasteiger partial charge in [0, 0.05) is 19.1 Å². The van der Waals surface area contributed by atoms with E-state index in [2.05, 4.69) is 10.6 Å². The molecule has 5 heteroatoms. The van der Waals surface area contributed by atoms with E-state index >= 15 is 0 Å². The largest absolute Gasteiger partial charge is 0.384 e. The second-order valence-corrected chi connectivity index (χ2v) is 7.33. The lowest BCUT2D eigenvalue weighted by Gasteiger charge is -2.37. The summed E-state index contributed by atoms with van der Waals surface area (Å²) in [7, 11) is 1.71. The number of hydrogen-bond acceptors (Lipinski definition) is 3. The molecule has 3 rings (SSSR count).